The van der Waals surface area contributed by atoms with Crippen molar-refractivity contribution >= 4 is 5.69 Å². The summed E-state index contributed by atoms with van der Waals surface area (Å²) < 4.78 is 18.6. The Morgan fingerprint density at radius 3 is 3.00 bits per heavy atom. The lowest BCUT2D eigenvalue weighted by Crippen LogP contribution is -2.45. The average Bonchev–Trinajstić information content (AvgIpc) is 2.55. The fourth-order valence-electron chi connectivity index (χ4n) is 2.26. The lowest BCUT2D eigenvalue weighted by atomic mass is 9.90. The topological polar surface area (TPSA) is 47.3 Å². The lowest BCUT2D eigenvalue weighted by molar-refractivity contribution is 0.141. The van der Waals surface area contributed by atoms with E-state index in [0.29, 0.717) is 13.2 Å². The number of ether oxygens (including phenoxy) is 1. The largest absolute Gasteiger partial charge is 0.381 e. The highest BCUT2D eigenvalue weighted by molar-refractivity contribution is 5.46. The second-order valence-corrected chi connectivity index (χ2v) is 4.59. The van der Waals surface area contributed by atoms with Gasteiger partial charge in [-0.05, 0) is 37.5 Å². The number of halogens is 1. The number of anilines is 1. The molecule has 1 aliphatic heterocycles. The minimum Gasteiger partial charge on any atom is -0.381 e. The maximum Gasteiger partial charge on any atom is 0.125 e. The van der Waals surface area contributed by atoms with Crippen LogP contribution in [0.15, 0.2) is 24.3 Å². The molecule has 0 aromatic heterocycles. The minimum absolute atomic E-state index is 0.162. The molecule has 0 radical (unpaired) electrons. The van der Waals surface area contributed by atoms with E-state index in [4.69, 9.17) is 10.5 Å². The van der Waals surface area contributed by atoms with Gasteiger partial charge in [-0.25, -0.2) is 4.39 Å². The van der Waals surface area contributed by atoms with Gasteiger partial charge in [0.2, 0.25) is 0 Å². The first-order valence-electron chi connectivity index (χ1n) is 6.06. The van der Waals surface area contributed by atoms with Crippen LogP contribution in [0, 0.1) is 5.82 Å². The fourth-order valence-corrected chi connectivity index (χ4v) is 2.26. The highest BCUT2D eigenvalue weighted by Crippen LogP contribution is 2.25. The molecule has 0 aliphatic carbocycles. The van der Waals surface area contributed by atoms with Crippen molar-refractivity contribution in [1.29, 1.82) is 0 Å². The van der Waals surface area contributed by atoms with E-state index in [-0.39, 0.29) is 11.4 Å². The molecule has 1 fully saturated rings. The summed E-state index contributed by atoms with van der Waals surface area (Å²) in [6.45, 7) is 2.03. The number of nitrogens with one attached hydrogen (secondary N) is 1. The number of hydrogen-bond donors (Lipinski definition) is 2. The van der Waals surface area contributed by atoms with Crippen molar-refractivity contribution in [3.8, 4) is 0 Å². The molecule has 94 valence electrons. The van der Waals surface area contributed by atoms with Crippen molar-refractivity contribution in [2.45, 2.75) is 24.8 Å². The first-order chi connectivity index (χ1) is 8.24. The lowest BCUT2D eigenvalue weighted by Gasteiger charge is -2.33. The second kappa shape index (κ2) is 5.47. The van der Waals surface area contributed by atoms with Crippen molar-refractivity contribution in [2.75, 3.05) is 25.1 Å². The molecule has 2 rings (SSSR count). The van der Waals surface area contributed by atoms with Crippen molar-refractivity contribution in [3.05, 3.63) is 30.1 Å². The van der Waals surface area contributed by atoms with Crippen LogP contribution in [0.25, 0.3) is 0 Å². The standard InChI is InChI=1S/C13H19FN2O/c14-11-3-1-4-12(9-11)16-13(10-15)5-2-7-17-8-6-13/h1,3-4,9,16H,2,5-8,10,15H2. The number of nitrogens with two attached hydrogens (primary N) is 1. The van der Waals surface area contributed by atoms with Crippen LogP contribution in [-0.4, -0.2) is 25.3 Å². The zero-order valence-electron chi connectivity index (χ0n) is 9.92. The number of hydrogen-bond acceptors (Lipinski definition) is 3. The molecule has 1 atom stereocenters. The molecule has 0 amide bonds. The van der Waals surface area contributed by atoms with Crippen LogP contribution in [0.3, 0.4) is 0 Å². The molecular formula is C13H19FN2O. The second-order valence-electron chi connectivity index (χ2n) is 4.59. The van der Waals surface area contributed by atoms with Gasteiger partial charge in [0, 0.05) is 25.4 Å². The van der Waals surface area contributed by atoms with E-state index in [1.165, 1.54) is 12.1 Å². The predicted molar refractivity (Wildman–Crippen MR) is 66.5 cm³/mol. The van der Waals surface area contributed by atoms with E-state index < -0.39 is 0 Å². The summed E-state index contributed by atoms with van der Waals surface area (Å²) in [6, 6.07) is 6.51. The zero-order chi connectivity index (χ0) is 12.1. The summed E-state index contributed by atoms with van der Waals surface area (Å²) in [4.78, 5) is 0. The van der Waals surface area contributed by atoms with Crippen molar-refractivity contribution in [3.63, 3.8) is 0 Å². The summed E-state index contributed by atoms with van der Waals surface area (Å²) in [7, 11) is 0. The summed E-state index contributed by atoms with van der Waals surface area (Å²) in [5.74, 6) is -0.230. The van der Waals surface area contributed by atoms with Crippen molar-refractivity contribution < 1.29 is 9.13 Å². The Bertz CT molecular complexity index is 362. The molecule has 4 heteroatoms. The molecule has 3 N–H and O–H groups in total. The molecule has 0 saturated carbocycles. The van der Waals surface area contributed by atoms with Gasteiger partial charge in [0.05, 0.1) is 5.54 Å². The SMILES string of the molecule is NCC1(Nc2cccc(F)c2)CCCOCC1. The third-order valence-corrected chi connectivity index (χ3v) is 3.29. The van der Waals surface area contributed by atoms with Gasteiger partial charge in [-0.1, -0.05) is 6.07 Å². The van der Waals surface area contributed by atoms with E-state index in [1.54, 1.807) is 6.07 Å². The summed E-state index contributed by atoms with van der Waals surface area (Å²) >= 11 is 0. The van der Waals surface area contributed by atoms with Crippen LogP contribution in [0.5, 0.6) is 0 Å². The monoisotopic (exact) mass is 238 g/mol. The molecule has 1 aromatic carbocycles. The van der Waals surface area contributed by atoms with Gasteiger partial charge in [0.1, 0.15) is 5.82 Å². The van der Waals surface area contributed by atoms with Gasteiger partial charge >= 0.3 is 0 Å². The summed E-state index contributed by atoms with van der Waals surface area (Å²) in [6.07, 6.45) is 2.81. The van der Waals surface area contributed by atoms with Crippen LogP contribution in [-0.2, 0) is 4.74 Å². The zero-order valence-corrected chi connectivity index (χ0v) is 9.92. The highest BCUT2D eigenvalue weighted by atomic mass is 19.1. The Hall–Kier alpha value is -1.13. The number of benzene rings is 1. The summed E-state index contributed by atoms with van der Waals surface area (Å²) in [5, 5.41) is 3.38. The third-order valence-electron chi connectivity index (χ3n) is 3.29. The molecule has 1 saturated heterocycles. The van der Waals surface area contributed by atoms with E-state index in [0.717, 1.165) is 31.6 Å². The van der Waals surface area contributed by atoms with Crippen LogP contribution in [0.1, 0.15) is 19.3 Å². The maximum atomic E-state index is 13.1. The molecule has 1 heterocycles. The van der Waals surface area contributed by atoms with Gasteiger partial charge in [-0.2, -0.15) is 0 Å². The molecular weight excluding hydrogens is 219 g/mol. The Morgan fingerprint density at radius 1 is 1.35 bits per heavy atom. The highest BCUT2D eigenvalue weighted by Gasteiger charge is 2.29. The Labute approximate surface area is 101 Å². The van der Waals surface area contributed by atoms with E-state index >= 15 is 0 Å². The van der Waals surface area contributed by atoms with Gasteiger partial charge in [0.15, 0.2) is 0 Å². The Balaban J connectivity index is 2.12. The van der Waals surface area contributed by atoms with Crippen LogP contribution >= 0.6 is 0 Å². The minimum atomic E-state index is -0.230. The normalized spacial score (nSPS) is 25.3. The van der Waals surface area contributed by atoms with Gasteiger partial charge in [-0.3, -0.25) is 0 Å². The van der Waals surface area contributed by atoms with E-state index in [2.05, 4.69) is 5.32 Å². The van der Waals surface area contributed by atoms with Gasteiger partial charge in [0.25, 0.3) is 0 Å². The Kier molecular flexibility index (Phi) is 3.97. The molecule has 3 nitrogen and oxygen atoms in total. The van der Waals surface area contributed by atoms with E-state index in [1.807, 2.05) is 6.07 Å². The molecule has 17 heavy (non-hydrogen) atoms. The first-order valence-corrected chi connectivity index (χ1v) is 6.06. The predicted octanol–water partition coefficient (Wildman–Crippen LogP) is 2.14. The fraction of sp³-hybridized carbons (Fsp3) is 0.538. The van der Waals surface area contributed by atoms with Crippen LogP contribution in [0.2, 0.25) is 0 Å². The van der Waals surface area contributed by atoms with Crippen LogP contribution in [0.4, 0.5) is 10.1 Å². The van der Waals surface area contributed by atoms with Gasteiger partial charge in [-0.15, -0.1) is 0 Å². The first kappa shape index (κ1) is 12.3. The smallest absolute Gasteiger partial charge is 0.125 e. The van der Waals surface area contributed by atoms with Crippen molar-refractivity contribution in [1.82, 2.24) is 0 Å². The molecule has 1 aromatic rings. The molecule has 1 aliphatic rings. The maximum absolute atomic E-state index is 13.1. The third kappa shape index (κ3) is 3.17. The van der Waals surface area contributed by atoms with Crippen molar-refractivity contribution in [2.24, 2.45) is 5.73 Å². The quantitative estimate of drug-likeness (QED) is 0.848. The molecule has 0 bridgehead atoms. The average molecular weight is 238 g/mol. The van der Waals surface area contributed by atoms with Gasteiger partial charge < -0.3 is 15.8 Å². The van der Waals surface area contributed by atoms with Crippen LogP contribution < -0.4 is 11.1 Å². The Morgan fingerprint density at radius 2 is 2.24 bits per heavy atom. The molecule has 1 unspecified atom stereocenters. The number of rotatable bonds is 3. The summed E-state index contributed by atoms with van der Waals surface area (Å²) in [5.41, 5.74) is 6.51. The van der Waals surface area contributed by atoms with E-state index in [9.17, 15) is 4.39 Å². The molecule has 0 spiro atoms.